The van der Waals surface area contributed by atoms with Crippen molar-refractivity contribution < 1.29 is 4.79 Å². The van der Waals surface area contributed by atoms with Crippen LogP contribution in [0.1, 0.15) is 22.8 Å². The molecule has 0 saturated carbocycles. The van der Waals surface area contributed by atoms with Crippen molar-refractivity contribution >= 4 is 23.0 Å². The van der Waals surface area contributed by atoms with Crippen molar-refractivity contribution in [2.45, 2.75) is 20.0 Å². The molecule has 1 amide bonds. The van der Waals surface area contributed by atoms with Gasteiger partial charge in [-0.15, -0.1) is 0 Å². The van der Waals surface area contributed by atoms with Crippen LogP contribution in [0.5, 0.6) is 0 Å². The van der Waals surface area contributed by atoms with E-state index < -0.39 is 0 Å². The third kappa shape index (κ3) is 3.24. The lowest BCUT2D eigenvalue weighted by Gasteiger charge is -2.07. The molecule has 0 atom stereocenters. The molecule has 0 aliphatic carbocycles. The SMILES string of the molecule is CCn1c(N)nc2cc(C(=O)NCc3ccc(-n4cccn4)cc3)cnc21. The number of nitrogens with zero attached hydrogens (tertiary/aromatic N) is 5. The van der Waals surface area contributed by atoms with Crippen LogP contribution in [-0.2, 0) is 13.1 Å². The van der Waals surface area contributed by atoms with Gasteiger partial charge in [0.25, 0.3) is 5.91 Å². The maximum atomic E-state index is 12.4. The van der Waals surface area contributed by atoms with Gasteiger partial charge in [0.2, 0.25) is 5.95 Å². The van der Waals surface area contributed by atoms with Gasteiger partial charge in [-0.25, -0.2) is 14.6 Å². The van der Waals surface area contributed by atoms with E-state index in [0.29, 0.717) is 35.8 Å². The highest BCUT2D eigenvalue weighted by atomic mass is 16.1. The number of pyridine rings is 1. The summed E-state index contributed by atoms with van der Waals surface area (Å²) in [6.45, 7) is 3.06. The zero-order valence-corrected chi connectivity index (χ0v) is 14.8. The van der Waals surface area contributed by atoms with Gasteiger partial charge in [0.05, 0.1) is 11.3 Å². The molecular formula is C19H19N7O. The number of anilines is 1. The number of carbonyl (C=O) groups excluding carboxylic acids is 1. The van der Waals surface area contributed by atoms with E-state index in [1.54, 1.807) is 27.7 Å². The van der Waals surface area contributed by atoms with Gasteiger partial charge < -0.3 is 11.1 Å². The molecule has 0 aliphatic heterocycles. The molecule has 4 rings (SSSR count). The summed E-state index contributed by atoms with van der Waals surface area (Å²) in [5, 5.41) is 7.09. The summed E-state index contributed by atoms with van der Waals surface area (Å²) in [4.78, 5) is 21.1. The Morgan fingerprint density at radius 2 is 2.07 bits per heavy atom. The molecule has 0 radical (unpaired) electrons. The molecule has 8 nitrogen and oxygen atoms in total. The van der Waals surface area contributed by atoms with E-state index in [-0.39, 0.29) is 5.91 Å². The molecule has 27 heavy (non-hydrogen) atoms. The van der Waals surface area contributed by atoms with Crippen molar-refractivity contribution in [3.05, 3.63) is 66.1 Å². The normalized spacial score (nSPS) is 11.0. The lowest BCUT2D eigenvalue weighted by Crippen LogP contribution is -2.23. The van der Waals surface area contributed by atoms with Crippen LogP contribution in [0.3, 0.4) is 0 Å². The van der Waals surface area contributed by atoms with Gasteiger partial charge in [-0.05, 0) is 36.8 Å². The summed E-state index contributed by atoms with van der Waals surface area (Å²) >= 11 is 0. The predicted octanol–water partition coefficient (Wildman–Crippen LogP) is 2.15. The minimum absolute atomic E-state index is 0.204. The smallest absolute Gasteiger partial charge is 0.253 e. The van der Waals surface area contributed by atoms with Crippen LogP contribution in [0.15, 0.2) is 55.0 Å². The second-order valence-electron chi connectivity index (χ2n) is 6.08. The highest BCUT2D eigenvalue weighted by Gasteiger charge is 2.12. The number of imidazole rings is 1. The summed E-state index contributed by atoms with van der Waals surface area (Å²) in [5.41, 5.74) is 9.59. The van der Waals surface area contributed by atoms with Crippen LogP contribution in [0.25, 0.3) is 16.9 Å². The van der Waals surface area contributed by atoms with Gasteiger partial charge in [-0.1, -0.05) is 12.1 Å². The lowest BCUT2D eigenvalue weighted by atomic mass is 10.2. The van der Waals surface area contributed by atoms with E-state index in [4.69, 9.17) is 5.73 Å². The topological polar surface area (TPSA) is 104 Å². The highest BCUT2D eigenvalue weighted by molar-refractivity contribution is 5.96. The third-order valence-corrected chi connectivity index (χ3v) is 4.35. The highest BCUT2D eigenvalue weighted by Crippen LogP contribution is 2.17. The number of aryl methyl sites for hydroxylation is 1. The Morgan fingerprint density at radius 1 is 1.26 bits per heavy atom. The number of fused-ring (bicyclic) bond motifs is 1. The van der Waals surface area contributed by atoms with Gasteiger partial charge >= 0.3 is 0 Å². The minimum atomic E-state index is -0.204. The summed E-state index contributed by atoms with van der Waals surface area (Å²) in [5.74, 6) is 0.194. The Bertz CT molecular complexity index is 1080. The Kier molecular flexibility index (Phi) is 4.29. The fourth-order valence-corrected chi connectivity index (χ4v) is 2.94. The number of rotatable bonds is 5. The largest absolute Gasteiger partial charge is 0.369 e. The van der Waals surface area contributed by atoms with Crippen molar-refractivity contribution in [2.24, 2.45) is 0 Å². The van der Waals surface area contributed by atoms with Gasteiger partial charge in [-0.3, -0.25) is 9.36 Å². The summed E-state index contributed by atoms with van der Waals surface area (Å²) in [6, 6.07) is 11.4. The van der Waals surface area contributed by atoms with Crippen LogP contribution in [0, 0.1) is 0 Å². The maximum Gasteiger partial charge on any atom is 0.253 e. The number of nitrogens with two attached hydrogens (primary N) is 1. The van der Waals surface area contributed by atoms with Crippen LogP contribution < -0.4 is 11.1 Å². The summed E-state index contributed by atoms with van der Waals surface area (Å²) in [7, 11) is 0. The van der Waals surface area contributed by atoms with E-state index in [2.05, 4.69) is 20.4 Å². The molecule has 4 aromatic rings. The van der Waals surface area contributed by atoms with Crippen molar-refractivity contribution in [2.75, 3.05) is 5.73 Å². The Hall–Kier alpha value is -3.68. The number of benzene rings is 1. The second kappa shape index (κ2) is 6.91. The molecule has 136 valence electrons. The van der Waals surface area contributed by atoms with E-state index in [0.717, 1.165) is 11.3 Å². The Labute approximate surface area is 155 Å². The molecule has 0 aliphatic rings. The molecule has 3 N–H and O–H groups in total. The summed E-state index contributed by atoms with van der Waals surface area (Å²) in [6.07, 6.45) is 5.16. The van der Waals surface area contributed by atoms with Crippen molar-refractivity contribution in [3.8, 4) is 5.69 Å². The molecule has 0 saturated heterocycles. The Morgan fingerprint density at radius 3 is 2.78 bits per heavy atom. The number of hydrogen-bond acceptors (Lipinski definition) is 5. The van der Waals surface area contributed by atoms with Gasteiger partial charge in [-0.2, -0.15) is 5.10 Å². The van der Waals surface area contributed by atoms with Crippen molar-refractivity contribution in [3.63, 3.8) is 0 Å². The standard InChI is InChI=1S/C19H19N7O/c1-2-25-17-16(24-19(25)20)10-14(12-21-17)18(27)22-11-13-4-6-15(7-5-13)26-9-3-8-23-26/h3-10,12H,2,11H2,1H3,(H2,20,24)(H,22,27). The zero-order valence-electron chi connectivity index (χ0n) is 14.8. The second-order valence-corrected chi connectivity index (χ2v) is 6.08. The first-order valence-electron chi connectivity index (χ1n) is 8.64. The predicted molar refractivity (Wildman–Crippen MR) is 102 cm³/mol. The first kappa shape index (κ1) is 16.8. The van der Waals surface area contributed by atoms with Crippen molar-refractivity contribution in [1.29, 1.82) is 0 Å². The zero-order chi connectivity index (χ0) is 18.8. The average molecular weight is 361 g/mol. The fourth-order valence-electron chi connectivity index (χ4n) is 2.94. The van der Waals surface area contributed by atoms with Gasteiger partial charge in [0, 0.05) is 31.7 Å². The van der Waals surface area contributed by atoms with Gasteiger partial charge in [0.15, 0.2) is 5.65 Å². The molecule has 0 spiro atoms. The number of nitrogens with one attached hydrogen (secondary N) is 1. The minimum Gasteiger partial charge on any atom is -0.369 e. The quantitative estimate of drug-likeness (QED) is 0.567. The number of nitrogen functional groups attached to an aromatic ring is 1. The number of amides is 1. The van der Waals surface area contributed by atoms with Crippen LogP contribution in [-0.4, -0.2) is 30.2 Å². The fraction of sp³-hybridized carbons (Fsp3) is 0.158. The number of hydrogen-bond donors (Lipinski definition) is 2. The molecule has 3 heterocycles. The van der Waals surface area contributed by atoms with Crippen LogP contribution >= 0.6 is 0 Å². The van der Waals surface area contributed by atoms with Crippen LogP contribution in [0.4, 0.5) is 5.95 Å². The lowest BCUT2D eigenvalue weighted by molar-refractivity contribution is 0.0950. The summed E-state index contributed by atoms with van der Waals surface area (Å²) < 4.78 is 3.59. The molecule has 0 unspecified atom stereocenters. The van der Waals surface area contributed by atoms with E-state index in [1.165, 1.54) is 0 Å². The van der Waals surface area contributed by atoms with E-state index in [1.807, 2.05) is 43.5 Å². The number of carbonyl (C=O) groups is 1. The van der Waals surface area contributed by atoms with Crippen molar-refractivity contribution in [1.82, 2.24) is 29.6 Å². The first-order chi connectivity index (χ1) is 13.2. The third-order valence-electron chi connectivity index (χ3n) is 4.35. The maximum absolute atomic E-state index is 12.4. The average Bonchev–Trinajstić information content (AvgIpc) is 3.33. The van der Waals surface area contributed by atoms with E-state index >= 15 is 0 Å². The molecule has 8 heteroatoms. The number of aromatic nitrogens is 5. The Balaban J connectivity index is 1.45. The van der Waals surface area contributed by atoms with Crippen LogP contribution in [0.2, 0.25) is 0 Å². The molecule has 0 fully saturated rings. The molecule has 3 aromatic heterocycles. The molecular weight excluding hydrogens is 342 g/mol. The monoisotopic (exact) mass is 361 g/mol. The first-order valence-corrected chi connectivity index (χ1v) is 8.64. The van der Waals surface area contributed by atoms with Gasteiger partial charge in [0.1, 0.15) is 5.52 Å². The molecule has 1 aromatic carbocycles. The molecule has 0 bridgehead atoms. The van der Waals surface area contributed by atoms with E-state index in [9.17, 15) is 4.79 Å².